The summed E-state index contributed by atoms with van der Waals surface area (Å²) >= 11 is 0. The van der Waals surface area contributed by atoms with Gasteiger partial charge in [0.2, 0.25) is 0 Å². The molecule has 1 aliphatic heterocycles. The van der Waals surface area contributed by atoms with Crippen molar-refractivity contribution in [1.29, 1.82) is 0 Å². The number of aromatic nitrogens is 1. The fraction of sp³-hybridized carbons (Fsp3) is 0.688. The smallest absolute Gasteiger partial charge is 0.0416 e. The maximum atomic E-state index is 4.40. The van der Waals surface area contributed by atoms with E-state index in [0.29, 0.717) is 5.41 Å². The van der Waals surface area contributed by atoms with Gasteiger partial charge in [-0.3, -0.25) is 4.98 Å². The Morgan fingerprint density at radius 2 is 2.11 bits per heavy atom. The number of pyridine rings is 1. The summed E-state index contributed by atoms with van der Waals surface area (Å²) in [7, 11) is 2.25. The predicted octanol–water partition coefficient (Wildman–Crippen LogP) is 2.34. The molecular formula is C16H27N3. The summed E-state index contributed by atoms with van der Waals surface area (Å²) < 4.78 is 0. The number of hydrogen-bond acceptors (Lipinski definition) is 3. The maximum Gasteiger partial charge on any atom is 0.0416 e. The second kappa shape index (κ2) is 7.01. The zero-order chi connectivity index (χ0) is 13.6. The van der Waals surface area contributed by atoms with E-state index >= 15 is 0 Å². The van der Waals surface area contributed by atoms with Crippen LogP contribution in [-0.2, 0) is 6.42 Å². The van der Waals surface area contributed by atoms with Gasteiger partial charge in [-0.25, -0.2) is 0 Å². The molecule has 1 aromatic rings. The van der Waals surface area contributed by atoms with Crippen molar-refractivity contribution in [2.45, 2.75) is 32.6 Å². The summed E-state index contributed by atoms with van der Waals surface area (Å²) in [5.74, 6) is 0. The first-order valence-corrected chi connectivity index (χ1v) is 7.53. The van der Waals surface area contributed by atoms with E-state index in [4.69, 9.17) is 0 Å². The van der Waals surface area contributed by atoms with Crippen LogP contribution in [0.15, 0.2) is 24.4 Å². The van der Waals surface area contributed by atoms with Crippen molar-refractivity contribution in [2.75, 3.05) is 33.2 Å². The van der Waals surface area contributed by atoms with Crippen LogP contribution in [0.4, 0.5) is 0 Å². The van der Waals surface area contributed by atoms with Gasteiger partial charge in [0.05, 0.1) is 0 Å². The fourth-order valence-corrected chi connectivity index (χ4v) is 3.08. The summed E-state index contributed by atoms with van der Waals surface area (Å²) in [5, 5.41) is 3.48. The molecule has 3 heteroatoms. The molecule has 2 heterocycles. The molecule has 2 rings (SSSR count). The molecule has 0 saturated carbocycles. The van der Waals surface area contributed by atoms with Gasteiger partial charge in [-0.05, 0) is 56.9 Å². The van der Waals surface area contributed by atoms with Crippen molar-refractivity contribution in [3.05, 3.63) is 30.1 Å². The third kappa shape index (κ3) is 4.29. The van der Waals surface area contributed by atoms with E-state index < -0.39 is 0 Å². The first-order chi connectivity index (χ1) is 9.24. The average molecular weight is 261 g/mol. The van der Waals surface area contributed by atoms with Crippen LogP contribution in [0.5, 0.6) is 0 Å². The lowest BCUT2D eigenvalue weighted by atomic mass is 9.76. The number of nitrogens with one attached hydrogen (secondary N) is 1. The molecular weight excluding hydrogens is 234 g/mol. The first kappa shape index (κ1) is 14.5. The number of rotatable bonds is 6. The normalized spacial score (nSPS) is 18.7. The Balaban J connectivity index is 1.81. The molecule has 0 aliphatic carbocycles. The molecule has 0 amide bonds. The van der Waals surface area contributed by atoms with Crippen molar-refractivity contribution in [2.24, 2.45) is 5.41 Å². The van der Waals surface area contributed by atoms with E-state index in [2.05, 4.69) is 41.3 Å². The van der Waals surface area contributed by atoms with Gasteiger partial charge in [-0.1, -0.05) is 13.0 Å². The van der Waals surface area contributed by atoms with Gasteiger partial charge in [0, 0.05) is 31.4 Å². The summed E-state index contributed by atoms with van der Waals surface area (Å²) in [6, 6.07) is 6.17. The van der Waals surface area contributed by atoms with Gasteiger partial charge < -0.3 is 10.2 Å². The number of piperidine rings is 1. The Bertz CT molecular complexity index is 358. The highest BCUT2D eigenvalue weighted by Gasteiger charge is 2.30. The summed E-state index contributed by atoms with van der Waals surface area (Å²) in [5.41, 5.74) is 1.73. The highest BCUT2D eigenvalue weighted by molar-refractivity contribution is 5.03. The lowest BCUT2D eigenvalue weighted by Crippen LogP contribution is -2.43. The van der Waals surface area contributed by atoms with Gasteiger partial charge >= 0.3 is 0 Å². The van der Waals surface area contributed by atoms with Crippen LogP contribution in [0.25, 0.3) is 0 Å². The summed E-state index contributed by atoms with van der Waals surface area (Å²) in [6.45, 7) is 7.03. The Labute approximate surface area is 117 Å². The minimum atomic E-state index is 0.532. The van der Waals surface area contributed by atoms with Crippen LogP contribution in [0.3, 0.4) is 0 Å². The third-order valence-corrected chi connectivity index (χ3v) is 4.50. The van der Waals surface area contributed by atoms with E-state index in [9.17, 15) is 0 Å². The average Bonchev–Trinajstić information content (AvgIpc) is 2.47. The third-order valence-electron chi connectivity index (χ3n) is 4.50. The first-order valence-electron chi connectivity index (χ1n) is 7.53. The molecule has 0 aromatic carbocycles. The quantitative estimate of drug-likeness (QED) is 0.852. The number of hydrogen-bond donors (Lipinski definition) is 1. The zero-order valence-corrected chi connectivity index (χ0v) is 12.4. The molecule has 0 bridgehead atoms. The number of nitrogens with zero attached hydrogens (tertiary/aromatic N) is 2. The monoisotopic (exact) mass is 261 g/mol. The lowest BCUT2D eigenvalue weighted by molar-refractivity contribution is 0.123. The maximum absolute atomic E-state index is 4.40. The highest BCUT2D eigenvalue weighted by Crippen LogP contribution is 2.33. The lowest BCUT2D eigenvalue weighted by Gasteiger charge is -2.40. The summed E-state index contributed by atoms with van der Waals surface area (Å²) in [4.78, 5) is 6.89. The molecule has 1 saturated heterocycles. The van der Waals surface area contributed by atoms with Gasteiger partial charge in [0.1, 0.15) is 0 Å². The van der Waals surface area contributed by atoms with Gasteiger partial charge in [0.25, 0.3) is 0 Å². The standard InChI is InChI=1S/C16H27N3/c1-3-16(8-11-17-12-9-16)14-19(2)13-7-15-6-4-5-10-18-15/h4-6,10,17H,3,7-9,11-14H2,1-2H3. The predicted molar refractivity (Wildman–Crippen MR) is 80.3 cm³/mol. The largest absolute Gasteiger partial charge is 0.317 e. The molecule has 106 valence electrons. The Morgan fingerprint density at radius 1 is 1.32 bits per heavy atom. The van der Waals surface area contributed by atoms with E-state index in [-0.39, 0.29) is 0 Å². The van der Waals surface area contributed by atoms with Crippen LogP contribution >= 0.6 is 0 Å². The molecule has 1 fully saturated rings. The molecule has 0 atom stereocenters. The van der Waals surface area contributed by atoms with Crippen molar-refractivity contribution < 1.29 is 0 Å². The molecule has 3 nitrogen and oxygen atoms in total. The fourth-order valence-electron chi connectivity index (χ4n) is 3.08. The number of likely N-dealkylation sites (N-methyl/N-ethyl adjacent to an activating group) is 1. The second-order valence-corrected chi connectivity index (χ2v) is 5.91. The molecule has 0 unspecified atom stereocenters. The van der Waals surface area contributed by atoms with Gasteiger partial charge in [0.15, 0.2) is 0 Å². The van der Waals surface area contributed by atoms with E-state index in [1.807, 2.05) is 12.3 Å². The van der Waals surface area contributed by atoms with Gasteiger partial charge in [-0.2, -0.15) is 0 Å². The Hall–Kier alpha value is -0.930. The topological polar surface area (TPSA) is 28.2 Å². The molecule has 0 radical (unpaired) electrons. The molecule has 1 aromatic heterocycles. The van der Waals surface area contributed by atoms with Crippen molar-refractivity contribution in [3.63, 3.8) is 0 Å². The van der Waals surface area contributed by atoms with Crippen LogP contribution < -0.4 is 5.32 Å². The van der Waals surface area contributed by atoms with Crippen LogP contribution in [-0.4, -0.2) is 43.1 Å². The molecule has 0 spiro atoms. The SMILES string of the molecule is CCC1(CN(C)CCc2ccccn2)CCNCC1. The van der Waals surface area contributed by atoms with Crippen molar-refractivity contribution >= 4 is 0 Å². The van der Waals surface area contributed by atoms with E-state index in [0.717, 1.165) is 13.0 Å². The van der Waals surface area contributed by atoms with E-state index in [1.165, 1.54) is 44.6 Å². The van der Waals surface area contributed by atoms with Crippen LogP contribution in [0, 0.1) is 5.41 Å². The molecule has 1 N–H and O–H groups in total. The minimum absolute atomic E-state index is 0.532. The Morgan fingerprint density at radius 3 is 2.74 bits per heavy atom. The minimum Gasteiger partial charge on any atom is -0.317 e. The van der Waals surface area contributed by atoms with Gasteiger partial charge in [-0.15, -0.1) is 0 Å². The Kier molecular flexibility index (Phi) is 5.34. The van der Waals surface area contributed by atoms with Crippen molar-refractivity contribution in [1.82, 2.24) is 15.2 Å². The van der Waals surface area contributed by atoms with Crippen LogP contribution in [0.2, 0.25) is 0 Å². The molecule has 1 aliphatic rings. The van der Waals surface area contributed by atoms with Crippen molar-refractivity contribution in [3.8, 4) is 0 Å². The zero-order valence-electron chi connectivity index (χ0n) is 12.4. The van der Waals surface area contributed by atoms with E-state index in [1.54, 1.807) is 0 Å². The highest BCUT2D eigenvalue weighted by atomic mass is 15.1. The summed E-state index contributed by atoms with van der Waals surface area (Å²) in [6.07, 6.45) is 6.86. The second-order valence-electron chi connectivity index (χ2n) is 5.91. The van der Waals surface area contributed by atoms with Crippen LogP contribution in [0.1, 0.15) is 31.9 Å². The molecule has 19 heavy (non-hydrogen) atoms.